The molecule has 1 aliphatic rings. The lowest BCUT2D eigenvalue weighted by molar-refractivity contribution is -0.120. The SMILES string of the molecule is CC.CCCN=C(N)N.CN1CCN(C(=O)NCC(=O)NC(/C=C/S(=O)(=O)c2ccccc2)CCc2ccccc2)CC1. The third-order valence-electron chi connectivity index (χ3n) is 6.20. The molecule has 6 N–H and O–H groups in total. The first-order valence-corrected chi connectivity index (χ1v) is 16.2. The Bertz CT molecular complexity index is 1230. The number of aryl methyl sites for hydroxylation is 1. The van der Waals surface area contributed by atoms with Crippen LogP contribution in [0.2, 0.25) is 0 Å². The highest BCUT2D eigenvalue weighted by Gasteiger charge is 2.20. The van der Waals surface area contributed by atoms with Gasteiger partial charge in [-0.1, -0.05) is 75.4 Å². The van der Waals surface area contributed by atoms with Crippen molar-refractivity contribution >= 4 is 27.7 Å². The Hall–Kier alpha value is -3.90. The summed E-state index contributed by atoms with van der Waals surface area (Å²) in [6.07, 6.45) is 3.68. The van der Waals surface area contributed by atoms with Crippen LogP contribution in [0, 0.1) is 0 Å². The van der Waals surface area contributed by atoms with E-state index in [1.54, 1.807) is 23.1 Å². The Labute approximate surface area is 257 Å². The van der Waals surface area contributed by atoms with Crippen molar-refractivity contribution in [2.24, 2.45) is 16.5 Å². The summed E-state index contributed by atoms with van der Waals surface area (Å²) in [6.45, 7) is 9.40. The number of likely N-dealkylation sites (N-methyl/N-ethyl adjacent to an activating group) is 1. The lowest BCUT2D eigenvalue weighted by Gasteiger charge is -2.32. The fourth-order valence-corrected chi connectivity index (χ4v) is 4.94. The van der Waals surface area contributed by atoms with Gasteiger partial charge >= 0.3 is 6.03 Å². The number of sulfone groups is 1. The summed E-state index contributed by atoms with van der Waals surface area (Å²) in [4.78, 5) is 32.6. The van der Waals surface area contributed by atoms with Crippen molar-refractivity contribution < 1.29 is 18.0 Å². The first kappa shape index (κ1) is 37.1. The maximum Gasteiger partial charge on any atom is 0.317 e. The number of benzene rings is 2. The molecule has 1 atom stereocenters. The van der Waals surface area contributed by atoms with Crippen LogP contribution >= 0.6 is 0 Å². The van der Waals surface area contributed by atoms with Crippen molar-refractivity contribution in [2.45, 2.75) is 51.0 Å². The average Bonchev–Trinajstić information content (AvgIpc) is 3.02. The van der Waals surface area contributed by atoms with Gasteiger partial charge in [0.2, 0.25) is 5.91 Å². The van der Waals surface area contributed by atoms with Gasteiger partial charge in [-0.25, -0.2) is 13.2 Å². The largest absolute Gasteiger partial charge is 0.370 e. The van der Waals surface area contributed by atoms with Crippen molar-refractivity contribution in [1.82, 2.24) is 20.4 Å². The second kappa shape index (κ2) is 20.9. The van der Waals surface area contributed by atoms with Crippen LogP contribution in [0.15, 0.2) is 82.0 Å². The third kappa shape index (κ3) is 15.8. The second-order valence-corrected chi connectivity index (χ2v) is 11.5. The lowest BCUT2D eigenvalue weighted by Crippen LogP contribution is -2.52. The van der Waals surface area contributed by atoms with Crippen LogP contribution in [0.4, 0.5) is 4.79 Å². The molecule has 2 aromatic rings. The van der Waals surface area contributed by atoms with E-state index in [0.717, 1.165) is 37.0 Å². The molecule has 3 amide bonds. The molecule has 1 saturated heterocycles. The fraction of sp³-hybridized carbons (Fsp3) is 0.452. The Morgan fingerprint density at radius 3 is 2.09 bits per heavy atom. The number of rotatable bonds is 11. The van der Waals surface area contributed by atoms with Gasteiger partial charge in [-0.05, 0) is 44.0 Å². The van der Waals surface area contributed by atoms with E-state index < -0.39 is 15.9 Å². The Morgan fingerprint density at radius 2 is 1.56 bits per heavy atom. The first-order valence-electron chi connectivity index (χ1n) is 14.7. The van der Waals surface area contributed by atoms with E-state index in [2.05, 4.69) is 20.5 Å². The maximum atomic E-state index is 12.6. The minimum Gasteiger partial charge on any atom is -0.370 e. The summed E-state index contributed by atoms with van der Waals surface area (Å²) in [5.41, 5.74) is 11.1. The highest BCUT2D eigenvalue weighted by atomic mass is 32.2. The molecule has 0 aromatic heterocycles. The standard InChI is InChI=1S/C25H32N4O4S.C4H11N3.C2H6/c1-28-15-17-29(18-16-28)25(31)26-20-24(30)27-22(13-12-21-8-4-2-5-9-21)14-19-34(32,33)23-10-6-3-7-11-23;1-2-3-7-4(5)6;1-2/h2-11,14,19,22H,12-13,15-18,20H2,1H3,(H,26,31)(H,27,30);2-3H2,1H3,(H4,5,6,7);1-2H3/b19-14+;;. The van der Waals surface area contributed by atoms with E-state index in [4.69, 9.17) is 11.5 Å². The van der Waals surface area contributed by atoms with Gasteiger partial charge in [0.05, 0.1) is 11.4 Å². The Kier molecular flexibility index (Phi) is 18.0. The zero-order chi connectivity index (χ0) is 32.1. The van der Waals surface area contributed by atoms with Crippen LogP contribution in [0.5, 0.6) is 0 Å². The summed E-state index contributed by atoms with van der Waals surface area (Å²) in [5.74, 6) is -0.191. The highest BCUT2D eigenvalue weighted by molar-refractivity contribution is 7.94. The molecule has 3 rings (SSSR count). The minimum absolute atomic E-state index is 0.174. The van der Waals surface area contributed by atoms with E-state index in [1.165, 1.54) is 18.2 Å². The molecule has 0 saturated carbocycles. The van der Waals surface area contributed by atoms with Gasteiger partial charge in [-0.3, -0.25) is 9.79 Å². The molecule has 12 heteroatoms. The van der Waals surface area contributed by atoms with Crippen molar-refractivity contribution in [2.75, 3.05) is 46.3 Å². The highest BCUT2D eigenvalue weighted by Crippen LogP contribution is 2.13. The Balaban J connectivity index is 0.000000901. The monoisotopic (exact) mass is 615 g/mol. The predicted molar refractivity (Wildman–Crippen MR) is 174 cm³/mol. The molecular weight excluding hydrogens is 566 g/mol. The number of amides is 3. The molecule has 1 aliphatic heterocycles. The number of guanidine groups is 1. The molecule has 238 valence electrons. The van der Waals surface area contributed by atoms with Gasteiger partial charge in [-0.2, -0.15) is 0 Å². The first-order chi connectivity index (χ1) is 20.6. The maximum absolute atomic E-state index is 12.6. The van der Waals surface area contributed by atoms with Crippen molar-refractivity contribution in [3.05, 3.63) is 77.7 Å². The van der Waals surface area contributed by atoms with Crippen molar-refractivity contribution in [3.8, 4) is 0 Å². The predicted octanol–water partition coefficient (Wildman–Crippen LogP) is 2.74. The van der Waals surface area contributed by atoms with Crippen LogP contribution in [-0.4, -0.2) is 88.5 Å². The quantitative estimate of drug-likeness (QED) is 0.223. The Morgan fingerprint density at radius 1 is 0.977 bits per heavy atom. The molecule has 2 aromatic carbocycles. The van der Waals surface area contributed by atoms with Crippen LogP contribution in [0.3, 0.4) is 0 Å². The molecular formula is C31H49N7O4S. The van der Waals surface area contributed by atoms with Gasteiger partial charge in [0.15, 0.2) is 15.8 Å². The van der Waals surface area contributed by atoms with E-state index in [1.807, 2.05) is 58.2 Å². The molecule has 0 radical (unpaired) electrons. The number of aliphatic imine (C=N–C) groups is 1. The molecule has 0 spiro atoms. The number of carbonyl (C=O) groups excluding carboxylic acids is 2. The van der Waals surface area contributed by atoms with Crippen molar-refractivity contribution in [3.63, 3.8) is 0 Å². The number of urea groups is 1. The van der Waals surface area contributed by atoms with Crippen LogP contribution < -0.4 is 22.1 Å². The van der Waals surface area contributed by atoms with Crippen LogP contribution in [-0.2, 0) is 21.1 Å². The molecule has 1 heterocycles. The van der Waals surface area contributed by atoms with Crippen LogP contribution in [0.25, 0.3) is 0 Å². The topological polar surface area (TPSA) is 163 Å². The summed E-state index contributed by atoms with van der Waals surface area (Å²) in [7, 11) is -1.63. The summed E-state index contributed by atoms with van der Waals surface area (Å²) in [6, 6.07) is 17.1. The number of nitrogens with zero attached hydrogens (tertiary/aromatic N) is 3. The number of carbonyl (C=O) groups is 2. The normalized spacial score (nSPS) is 13.9. The summed E-state index contributed by atoms with van der Waals surface area (Å²) < 4.78 is 25.3. The number of hydrogen-bond donors (Lipinski definition) is 4. The molecule has 0 bridgehead atoms. The zero-order valence-electron chi connectivity index (χ0n) is 25.9. The minimum atomic E-state index is -3.63. The van der Waals surface area contributed by atoms with Gasteiger partial charge in [-0.15, -0.1) is 0 Å². The average molecular weight is 616 g/mol. The van der Waals surface area contributed by atoms with E-state index in [-0.39, 0.29) is 29.3 Å². The number of hydrogen-bond acceptors (Lipinski definition) is 6. The summed E-state index contributed by atoms with van der Waals surface area (Å²) in [5, 5.41) is 6.64. The van der Waals surface area contributed by atoms with E-state index >= 15 is 0 Å². The molecule has 1 fully saturated rings. The lowest BCUT2D eigenvalue weighted by atomic mass is 10.1. The third-order valence-corrected chi connectivity index (χ3v) is 7.65. The number of nitrogens with two attached hydrogens (primary N) is 2. The molecule has 0 aliphatic carbocycles. The molecule has 43 heavy (non-hydrogen) atoms. The van der Waals surface area contributed by atoms with E-state index in [0.29, 0.717) is 25.9 Å². The number of piperazine rings is 1. The van der Waals surface area contributed by atoms with Gasteiger partial charge in [0.25, 0.3) is 0 Å². The summed E-state index contributed by atoms with van der Waals surface area (Å²) >= 11 is 0. The van der Waals surface area contributed by atoms with Gasteiger partial charge < -0.3 is 31.9 Å². The fourth-order valence-electron chi connectivity index (χ4n) is 3.85. The smallest absolute Gasteiger partial charge is 0.317 e. The molecule has 1 unspecified atom stereocenters. The van der Waals surface area contributed by atoms with E-state index in [9.17, 15) is 18.0 Å². The van der Waals surface area contributed by atoms with Crippen molar-refractivity contribution in [1.29, 1.82) is 0 Å². The molecule has 11 nitrogen and oxygen atoms in total. The zero-order valence-corrected chi connectivity index (χ0v) is 26.7. The second-order valence-electron chi connectivity index (χ2n) is 9.64. The van der Waals surface area contributed by atoms with Gasteiger partial charge in [0.1, 0.15) is 0 Å². The number of nitrogens with one attached hydrogen (secondary N) is 2. The van der Waals surface area contributed by atoms with Gasteiger partial charge in [0, 0.05) is 44.2 Å². The van der Waals surface area contributed by atoms with Crippen LogP contribution in [0.1, 0.15) is 39.2 Å².